The summed E-state index contributed by atoms with van der Waals surface area (Å²) in [6.45, 7) is 0. The largest absolute Gasteiger partial charge is 0.545 e. The Labute approximate surface area is 172 Å². The number of carbonyl (C=O) groups excluding carboxylic acids is 1. The monoisotopic (exact) mass is 407 g/mol. The summed E-state index contributed by atoms with van der Waals surface area (Å²) < 4.78 is 10.2. The number of methoxy groups -OCH3 is 2. The molecular formula is C22H19N2O6-. The van der Waals surface area contributed by atoms with E-state index in [9.17, 15) is 19.8 Å². The number of nitrogens with one attached hydrogen (secondary N) is 2. The van der Waals surface area contributed by atoms with Crippen molar-refractivity contribution in [3.05, 3.63) is 71.8 Å². The summed E-state index contributed by atoms with van der Waals surface area (Å²) in [5, 5.41) is 27.2. The Hall–Kier alpha value is -4.20. The SMILES string of the molecule is COc1ccc(Nc2cc(C(=O)O)c(Nc3ccc(OC)cc3)cc2C(=O)[O-])cc1. The van der Waals surface area contributed by atoms with Crippen molar-refractivity contribution in [2.24, 2.45) is 0 Å². The number of carboxylic acid groups (broad SMARTS) is 2. The van der Waals surface area contributed by atoms with E-state index in [1.54, 1.807) is 48.5 Å². The maximum Gasteiger partial charge on any atom is 0.337 e. The van der Waals surface area contributed by atoms with Crippen LogP contribution in [-0.2, 0) is 0 Å². The second-order valence-electron chi connectivity index (χ2n) is 6.24. The highest BCUT2D eigenvalue weighted by atomic mass is 16.5. The second kappa shape index (κ2) is 8.87. The molecule has 0 aliphatic heterocycles. The molecule has 0 atom stereocenters. The zero-order valence-corrected chi connectivity index (χ0v) is 16.3. The van der Waals surface area contributed by atoms with Gasteiger partial charge in [0, 0.05) is 22.6 Å². The van der Waals surface area contributed by atoms with Gasteiger partial charge in [0.1, 0.15) is 11.5 Å². The fourth-order valence-corrected chi connectivity index (χ4v) is 2.81. The first-order valence-electron chi connectivity index (χ1n) is 8.86. The van der Waals surface area contributed by atoms with E-state index >= 15 is 0 Å². The first-order valence-corrected chi connectivity index (χ1v) is 8.86. The van der Waals surface area contributed by atoms with Gasteiger partial charge in [-0.1, -0.05) is 0 Å². The third-order valence-electron chi connectivity index (χ3n) is 4.35. The molecule has 3 aromatic rings. The zero-order chi connectivity index (χ0) is 21.7. The highest BCUT2D eigenvalue weighted by Crippen LogP contribution is 2.31. The topological polar surface area (TPSA) is 120 Å². The summed E-state index contributed by atoms with van der Waals surface area (Å²) in [6.07, 6.45) is 0. The molecule has 0 spiro atoms. The molecule has 0 unspecified atom stereocenters. The highest BCUT2D eigenvalue weighted by Gasteiger charge is 2.16. The van der Waals surface area contributed by atoms with Crippen molar-refractivity contribution in [1.82, 2.24) is 0 Å². The first kappa shape index (κ1) is 20.5. The fourth-order valence-electron chi connectivity index (χ4n) is 2.81. The highest BCUT2D eigenvalue weighted by molar-refractivity contribution is 6.02. The normalized spacial score (nSPS) is 10.2. The average molecular weight is 407 g/mol. The summed E-state index contributed by atoms with van der Waals surface area (Å²) in [5.41, 5.74) is 1.05. The predicted molar refractivity (Wildman–Crippen MR) is 110 cm³/mol. The lowest BCUT2D eigenvalue weighted by molar-refractivity contribution is -0.254. The molecule has 3 rings (SSSR count). The number of rotatable bonds is 8. The Balaban J connectivity index is 1.99. The third-order valence-corrected chi connectivity index (χ3v) is 4.35. The van der Waals surface area contributed by atoms with Crippen LogP contribution in [0.3, 0.4) is 0 Å². The van der Waals surface area contributed by atoms with Gasteiger partial charge in [-0.05, 0) is 60.7 Å². The van der Waals surface area contributed by atoms with Crippen LogP contribution in [0, 0.1) is 0 Å². The number of aromatic carboxylic acids is 2. The van der Waals surface area contributed by atoms with Crippen LogP contribution in [0.25, 0.3) is 0 Å². The van der Waals surface area contributed by atoms with E-state index in [0.29, 0.717) is 22.9 Å². The minimum absolute atomic E-state index is 0.0952. The Bertz CT molecular complexity index is 975. The molecule has 0 amide bonds. The Morgan fingerprint density at radius 3 is 1.53 bits per heavy atom. The lowest BCUT2D eigenvalue weighted by Crippen LogP contribution is -2.24. The molecule has 0 saturated heterocycles. The molecule has 0 heterocycles. The van der Waals surface area contributed by atoms with Gasteiger partial charge in [0.15, 0.2) is 0 Å². The maximum atomic E-state index is 11.8. The number of carboxylic acids is 2. The van der Waals surface area contributed by atoms with Crippen molar-refractivity contribution in [2.45, 2.75) is 0 Å². The van der Waals surface area contributed by atoms with Crippen molar-refractivity contribution >= 4 is 34.7 Å². The van der Waals surface area contributed by atoms with Gasteiger partial charge in [0.2, 0.25) is 0 Å². The van der Waals surface area contributed by atoms with Gasteiger partial charge in [0.25, 0.3) is 0 Å². The summed E-state index contributed by atoms with van der Waals surface area (Å²) in [7, 11) is 3.07. The number of carbonyl (C=O) groups is 2. The number of anilines is 4. The number of hydrogen-bond donors (Lipinski definition) is 3. The lowest BCUT2D eigenvalue weighted by atomic mass is 10.0. The molecule has 3 N–H and O–H groups in total. The quantitative estimate of drug-likeness (QED) is 0.520. The van der Waals surface area contributed by atoms with E-state index in [2.05, 4.69) is 10.6 Å². The molecular weight excluding hydrogens is 388 g/mol. The fraction of sp³-hybridized carbons (Fsp3) is 0.0909. The van der Waals surface area contributed by atoms with Crippen LogP contribution in [0.4, 0.5) is 22.7 Å². The minimum atomic E-state index is -1.44. The van der Waals surface area contributed by atoms with Gasteiger partial charge in [0.05, 0.1) is 31.4 Å². The molecule has 3 aromatic carbocycles. The summed E-state index contributed by atoms with van der Waals surface area (Å²) >= 11 is 0. The molecule has 0 radical (unpaired) electrons. The van der Waals surface area contributed by atoms with E-state index in [1.165, 1.54) is 26.4 Å². The standard InChI is InChI=1S/C22H20N2O6/c1-29-15-7-3-13(4-8-15)23-19-11-18(22(27)28)20(12-17(19)21(25)26)24-14-5-9-16(30-2)10-6-14/h3-12,23-24H,1-2H3,(H,25,26)(H,27,28)/p-1. The summed E-state index contributed by atoms with van der Waals surface area (Å²) in [4.78, 5) is 23.5. The summed E-state index contributed by atoms with van der Waals surface area (Å²) in [6, 6.07) is 16.0. The molecule has 154 valence electrons. The molecule has 0 aromatic heterocycles. The van der Waals surface area contributed by atoms with Crippen LogP contribution in [-0.4, -0.2) is 31.3 Å². The Morgan fingerprint density at radius 2 is 1.17 bits per heavy atom. The summed E-state index contributed by atoms with van der Waals surface area (Å²) in [5.74, 6) is -1.39. The van der Waals surface area contributed by atoms with Crippen LogP contribution in [0.2, 0.25) is 0 Å². The number of hydrogen-bond acceptors (Lipinski definition) is 7. The van der Waals surface area contributed by atoms with E-state index in [1.807, 2.05) is 0 Å². The van der Waals surface area contributed by atoms with Crippen LogP contribution in [0.15, 0.2) is 60.7 Å². The minimum Gasteiger partial charge on any atom is -0.545 e. The van der Waals surface area contributed by atoms with Crippen molar-refractivity contribution in [3.8, 4) is 11.5 Å². The van der Waals surface area contributed by atoms with Gasteiger partial charge in [-0.2, -0.15) is 0 Å². The second-order valence-corrected chi connectivity index (χ2v) is 6.24. The predicted octanol–water partition coefficient (Wildman–Crippen LogP) is 3.25. The number of ether oxygens (including phenoxy) is 2. The molecule has 0 aliphatic carbocycles. The zero-order valence-electron chi connectivity index (χ0n) is 16.3. The van der Waals surface area contributed by atoms with Crippen molar-refractivity contribution < 1.29 is 29.3 Å². The first-order chi connectivity index (χ1) is 14.4. The smallest absolute Gasteiger partial charge is 0.337 e. The van der Waals surface area contributed by atoms with Gasteiger partial charge >= 0.3 is 5.97 Å². The third kappa shape index (κ3) is 4.61. The van der Waals surface area contributed by atoms with Crippen LogP contribution in [0.5, 0.6) is 11.5 Å². The molecule has 8 nitrogen and oxygen atoms in total. The molecule has 0 saturated carbocycles. The van der Waals surface area contributed by atoms with Gasteiger partial charge in [-0.25, -0.2) is 4.79 Å². The lowest BCUT2D eigenvalue weighted by Gasteiger charge is -2.18. The van der Waals surface area contributed by atoms with Crippen molar-refractivity contribution in [3.63, 3.8) is 0 Å². The van der Waals surface area contributed by atoms with E-state index in [-0.39, 0.29) is 22.5 Å². The Kier molecular flexibility index (Phi) is 6.07. The maximum absolute atomic E-state index is 11.8. The Morgan fingerprint density at radius 1 is 0.767 bits per heavy atom. The van der Waals surface area contributed by atoms with E-state index in [0.717, 1.165) is 0 Å². The number of benzene rings is 3. The van der Waals surface area contributed by atoms with Gasteiger partial charge in [-0.3, -0.25) is 0 Å². The molecule has 0 bridgehead atoms. The molecule has 0 fully saturated rings. The molecule has 8 heteroatoms. The van der Waals surface area contributed by atoms with Crippen molar-refractivity contribution in [1.29, 1.82) is 0 Å². The average Bonchev–Trinajstić information content (AvgIpc) is 2.75. The van der Waals surface area contributed by atoms with E-state index < -0.39 is 11.9 Å². The van der Waals surface area contributed by atoms with Gasteiger partial charge < -0.3 is 35.1 Å². The van der Waals surface area contributed by atoms with Crippen molar-refractivity contribution in [2.75, 3.05) is 24.9 Å². The van der Waals surface area contributed by atoms with Crippen LogP contribution >= 0.6 is 0 Å². The van der Waals surface area contributed by atoms with Gasteiger partial charge in [-0.15, -0.1) is 0 Å². The van der Waals surface area contributed by atoms with E-state index in [4.69, 9.17) is 9.47 Å². The van der Waals surface area contributed by atoms with Crippen LogP contribution < -0.4 is 25.2 Å². The molecule has 0 aliphatic rings. The molecule has 30 heavy (non-hydrogen) atoms. The van der Waals surface area contributed by atoms with Crippen LogP contribution in [0.1, 0.15) is 20.7 Å².